The average Bonchev–Trinajstić information content (AvgIpc) is 2.67. The van der Waals surface area contributed by atoms with Crippen LogP contribution in [0.15, 0.2) is 24.4 Å². The maximum Gasteiger partial charge on any atom is 0.0941 e. The molecule has 2 heterocycles. The molecule has 0 radical (unpaired) electrons. The van der Waals surface area contributed by atoms with Gasteiger partial charge in [-0.1, -0.05) is 6.07 Å². The third-order valence-corrected chi connectivity index (χ3v) is 2.61. The predicted molar refractivity (Wildman–Crippen MR) is 49.3 cm³/mol. The van der Waals surface area contributed by atoms with Gasteiger partial charge in [-0.15, -0.1) is 0 Å². The predicted octanol–water partition coefficient (Wildman–Crippen LogP) is 1.35. The molecule has 1 aliphatic heterocycles. The molecule has 1 aliphatic rings. The zero-order valence-corrected chi connectivity index (χ0v) is 7.41. The maximum absolute atomic E-state index is 12.6. The van der Waals surface area contributed by atoms with Crippen LogP contribution in [0.3, 0.4) is 0 Å². The third kappa shape index (κ3) is 1.70. The summed E-state index contributed by atoms with van der Waals surface area (Å²) in [5.74, 6) is 0.362. The SMILES string of the molecule is FC[C@@H]1CNC[C@H]1c1ccccn1. The normalized spacial score (nSPS) is 27.8. The Bertz CT molecular complexity index is 263. The molecule has 0 aromatic carbocycles. The van der Waals surface area contributed by atoms with Crippen molar-refractivity contribution in [3.63, 3.8) is 0 Å². The van der Waals surface area contributed by atoms with E-state index in [4.69, 9.17) is 0 Å². The molecule has 1 saturated heterocycles. The summed E-state index contributed by atoms with van der Waals surface area (Å²) in [6, 6.07) is 5.81. The average molecular weight is 180 g/mol. The molecule has 13 heavy (non-hydrogen) atoms. The summed E-state index contributed by atoms with van der Waals surface area (Å²) in [6.45, 7) is 1.37. The van der Waals surface area contributed by atoms with Crippen molar-refractivity contribution < 1.29 is 4.39 Å². The molecule has 2 nitrogen and oxygen atoms in total. The molecule has 2 rings (SSSR count). The molecule has 2 atom stereocenters. The van der Waals surface area contributed by atoms with Crippen LogP contribution in [0.2, 0.25) is 0 Å². The molecule has 1 N–H and O–H groups in total. The number of pyridine rings is 1. The zero-order chi connectivity index (χ0) is 9.10. The van der Waals surface area contributed by atoms with Crippen LogP contribution < -0.4 is 5.32 Å². The van der Waals surface area contributed by atoms with Crippen molar-refractivity contribution in [3.05, 3.63) is 30.1 Å². The van der Waals surface area contributed by atoms with Crippen molar-refractivity contribution in [2.75, 3.05) is 19.8 Å². The lowest BCUT2D eigenvalue weighted by atomic mass is 9.94. The Hall–Kier alpha value is -0.960. The molecular formula is C10H13FN2. The highest BCUT2D eigenvalue weighted by atomic mass is 19.1. The molecule has 0 spiro atoms. The Balaban J connectivity index is 2.16. The highest BCUT2D eigenvalue weighted by molar-refractivity contribution is 5.13. The Labute approximate surface area is 77.2 Å². The van der Waals surface area contributed by atoms with Gasteiger partial charge in [0, 0.05) is 36.8 Å². The minimum atomic E-state index is -0.256. The quantitative estimate of drug-likeness (QED) is 0.743. The van der Waals surface area contributed by atoms with Crippen molar-refractivity contribution in [1.82, 2.24) is 10.3 Å². The van der Waals surface area contributed by atoms with Crippen LogP contribution in [0.25, 0.3) is 0 Å². The van der Waals surface area contributed by atoms with Gasteiger partial charge in [0.25, 0.3) is 0 Å². The Kier molecular flexibility index (Phi) is 2.54. The van der Waals surface area contributed by atoms with Crippen LogP contribution in [0.1, 0.15) is 11.6 Å². The van der Waals surface area contributed by atoms with E-state index in [-0.39, 0.29) is 18.5 Å². The van der Waals surface area contributed by atoms with Gasteiger partial charge in [-0.2, -0.15) is 0 Å². The van der Waals surface area contributed by atoms with E-state index in [0.717, 1.165) is 18.8 Å². The van der Waals surface area contributed by atoms with Gasteiger partial charge in [0.15, 0.2) is 0 Å². The highest BCUT2D eigenvalue weighted by Gasteiger charge is 2.28. The van der Waals surface area contributed by atoms with E-state index in [0.29, 0.717) is 0 Å². The fraction of sp³-hybridized carbons (Fsp3) is 0.500. The number of hydrogen-bond acceptors (Lipinski definition) is 2. The summed E-state index contributed by atoms with van der Waals surface area (Å²) in [5, 5.41) is 3.19. The number of nitrogens with one attached hydrogen (secondary N) is 1. The first-order valence-corrected chi connectivity index (χ1v) is 4.59. The van der Waals surface area contributed by atoms with E-state index >= 15 is 0 Å². The lowest BCUT2D eigenvalue weighted by molar-refractivity contribution is 0.356. The summed E-state index contributed by atoms with van der Waals surface area (Å²) in [4.78, 5) is 4.25. The molecular weight excluding hydrogens is 167 g/mol. The van der Waals surface area contributed by atoms with Crippen molar-refractivity contribution in [1.29, 1.82) is 0 Å². The molecule has 0 bridgehead atoms. The van der Waals surface area contributed by atoms with Crippen LogP contribution in [-0.4, -0.2) is 24.7 Å². The lowest BCUT2D eigenvalue weighted by Crippen LogP contribution is -2.13. The number of halogens is 1. The monoisotopic (exact) mass is 180 g/mol. The minimum Gasteiger partial charge on any atom is -0.316 e. The fourth-order valence-electron chi connectivity index (χ4n) is 1.84. The molecule has 3 heteroatoms. The van der Waals surface area contributed by atoms with Gasteiger partial charge >= 0.3 is 0 Å². The molecule has 0 aliphatic carbocycles. The molecule has 1 aromatic heterocycles. The van der Waals surface area contributed by atoms with Gasteiger partial charge in [-0.25, -0.2) is 0 Å². The first kappa shape index (κ1) is 8.63. The van der Waals surface area contributed by atoms with Crippen LogP contribution in [-0.2, 0) is 0 Å². The second kappa shape index (κ2) is 3.83. The first-order chi connectivity index (χ1) is 6.42. The topological polar surface area (TPSA) is 24.9 Å². The van der Waals surface area contributed by atoms with Gasteiger partial charge in [-0.05, 0) is 12.1 Å². The number of rotatable bonds is 2. The summed E-state index contributed by atoms with van der Waals surface area (Å²) in [6.07, 6.45) is 1.77. The van der Waals surface area contributed by atoms with Gasteiger partial charge in [0.05, 0.1) is 6.67 Å². The van der Waals surface area contributed by atoms with Gasteiger partial charge in [0.2, 0.25) is 0 Å². The van der Waals surface area contributed by atoms with Crippen molar-refractivity contribution in [3.8, 4) is 0 Å². The van der Waals surface area contributed by atoms with E-state index in [1.165, 1.54) is 0 Å². The van der Waals surface area contributed by atoms with E-state index in [1.807, 2.05) is 18.2 Å². The maximum atomic E-state index is 12.6. The number of aromatic nitrogens is 1. The second-order valence-corrected chi connectivity index (χ2v) is 3.43. The number of alkyl halides is 1. The van der Waals surface area contributed by atoms with Crippen LogP contribution in [0.5, 0.6) is 0 Å². The van der Waals surface area contributed by atoms with E-state index in [2.05, 4.69) is 10.3 Å². The standard InChI is InChI=1S/C10H13FN2/c11-5-8-6-12-7-9(8)10-3-1-2-4-13-10/h1-4,8-9,12H,5-7H2/t8-,9-/m1/s1. The molecule has 0 saturated carbocycles. The van der Waals surface area contributed by atoms with E-state index < -0.39 is 0 Å². The summed E-state index contributed by atoms with van der Waals surface area (Å²) >= 11 is 0. The molecule has 0 amide bonds. The van der Waals surface area contributed by atoms with Crippen molar-refractivity contribution in [2.24, 2.45) is 5.92 Å². The molecule has 1 fully saturated rings. The summed E-state index contributed by atoms with van der Waals surface area (Å²) in [5.41, 5.74) is 1.01. The Morgan fingerprint density at radius 1 is 1.46 bits per heavy atom. The second-order valence-electron chi connectivity index (χ2n) is 3.43. The van der Waals surface area contributed by atoms with Gasteiger partial charge in [-0.3, -0.25) is 9.37 Å². The number of hydrogen-bond donors (Lipinski definition) is 1. The smallest absolute Gasteiger partial charge is 0.0941 e. The van der Waals surface area contributed by atoms with Crippen LogP contribution in [0.4, 0.5) is 4.39 Å². The van der Waals surface area contributed by atoms with E-state index in [1.54, 1.807) is 6.20 Å². The zero-order valence-electron chi connectivity index (χ0n) is 7.41. The third-order valence-electron chi connectivity index (χ3n) is 2.61. The van der Waals surface area contributed by atoms with Crippen molar-refractivity contribution >= 4 is 0 Å². The van der Waals surface area contributed by atoms with Gasteiger partial charge in [0.1, 0.15) is 0 Å². The minimum absolute atomic E-state index is 0.106. The fourth-order valence-corrected chi connectivity index (χ4v) is 1.84. The summed E-state index contributed by atoms with van der Waals surface area (Å²) < 4.78 is 12.6. The highest BCUT2D eigenvalue weighted by Crippen LogP contribution is 2.26. The summed E-state index contributed by atoms with van der Waals surface area (Å²) in [7, 11) is 0. The molecule has 0 unspecified atom stereocenters. The Morgan fingerprint density at radius 3 is 3.08 bits per heavy atom. The molecule has 1 aromatic rings. The Morgan fingerprint density at radius 2 is 2.38 bits per heavy atom. The van der Waals surface area contributed by atoms with Crippen LogP contribution in [0, 0.1) is 5.92 Å². The van der Waals surface area contributed by atoms with E-state index in [9.17, 15) is 4.39 Å². The molecule has 70 valence electrons. The van der Waals surface area contributed by atoms with Gasteiger partial charge < -0.3 is 5.32 Å². The van der Waals surface area contributed by atoms with Crippen molar-refractivity contribution in [2.45, 2.75) is 5.92 Å². The largest absolute Gasteiger partial charge is 0.316 e. The lowest BCUT2D eigenvalue weighted by Gasteiger charge is -2.13. The number of nitrogens with zero attached hydrogens (tertiary/aromatic N) is 1. The first-order valence-electron chi connectivity index (χ1n) is 4.59. The van der Waals surface area contributed by atoms with Crippen LogP contribution >= 0.6 is 0 Å².